The molecular formula is C17H21FN2O. The number of halogens is 1. The molecule has 0 radical (unpaired) electrons. The van der Waals surface area contributed by atoms with Crippen molar-refractivity contribution in [3.63, 3.8) is 0 Å². The monoisotopic (exact) mass is 288 g/mol. The highest BCUT2D eigenvalue weighted by atomic mass is 19.1. The van der Waals surface area contributed by atoms with E-state index >= 15 is 0 Å². The van der Waals surface area contributed by atoms with E-state index < -0.39 is 0 Å². The van der Waals surface area contributed by atoms with Crippen LogP contribution in [0.4, 0.5) is 4.39 Å². The van der Waals surface area contributed by atoms with E-state index in [1.165, 1.54) is 6.07 Å². The molecule has 0 aliphatic rings. The summed E-state index contributed by atoms with van der Waals surface area (Å²) < 4.78 is 19.3. The Morgan fingerprint density at radius 2 is 2.00 bits per heavy atom. The van der Waals surface area contributed by atoms with Crippen LogP contribution < -0.4 is 10.1 Å². The van der Waals surface area contributed by atoms with Gasteiger partial charge in [-0.25, -0.2) is 4.39 Å². The molecule has 3 nitrogen and oxygen atoms in total. The Hall–Kier alpha value is -1.94. The Bertz CT molecular complexity index is 599. The Morgan fingerprint density at radius 3 is 2.71 bits per heavy atom. The van der Waals surface area contributed by atoms with Crippen molar-refractivity contribution >= 4 is 0 Å². The van der Waals surface area contributed by atoms with Crippen molar-refractivity contribution in [2.24, 2.45) is 0 Å². The molecule has 1 aromatic carbocycles. The highest BCUT2D eigenvalue weighted by molar-refractivity contribution is 5.64. The van der Waals surface area contributed by atoms with E-state index in [4.69, 9.17) is 4.74 Å². The summed E-state index contributed by atoms with van der Waals surface area (Å²) >= 11 is 0. The maximum atomic E-state index is 13.9. The maximum Gasteiger partial charge on any atom is 0.138 e. The second-order valence-corrected chi connectivity index (χ2v) is 5.18. The zero-order chi connectivity index (χ0) is 15.2. The van der Waals surface area contributed by atoms with E-state index in [1.807, 2.05) is 32.9 Å². The highest BCUT2D eigenvalue weighted by Crippen LogP contribution is 2.24. The predicted octanol–water partition coefficient (Wildman–Crippen LogP) is 3.78. The fourth-order valence-electron chi connectivity index (χ4n) is 2.03. The van der Waals surface area contributed by atoms with Crippen LogP contribution in [0.3, 0.4) is 0 Å². The molecule has 0 saturated carbocycles. The minimum absolute atomic E-state index is 0.194. The van der Waals surface area contributed by atoms with Gasteiger partial charge in [0, 0.05) is 29.9 Å². The maximum absolute atomic E-state index is 13.9. The first kappa shape index (κ1) is 15.4. The molecule has 2 aromatic rings. The Morgan fingerprint density at radius 1 is 1.19 bits per heavy atom. The van der Waals surface area contributed by atoms with Crippen LogP contribution in [0, 0.1) is 5.82 Å². The van der Waals surface area contributed by atoms with Crippen LogP contribution in [0.2, 0.25) is 0 Å². The molecule has 0 fully saturated rings. The molecule has 0 spiro atoms. The number of hydrogen-bond donors (Lipinski definition) is 1. The first-order chi connectivity index (χ1) is 10.1. The summed E-state index contributed by atoms with van der Waals surface area (Å²) in [4.78, 5) is 4.17. The Labute approximate surface area is 125 Å². The van der Waals surface area contributed by atoms with Crippen LogP contribution in [0.5, 0.6) is 5.75 Å². The average molecular weight is 288 g/mol. The number of hydrogen-bond acceptors (Lipinski definition) is 3. The van der Waals surface area contributed by atoms with Gasteiger partial charge in [0.1, 0.15) is 11.6 Å². The molecule has 0 amide bonds. The zero-order valence-corrected chi connectivity index (χ0v) is 12.7. The van der Waals surface area contributed by atoms with Crippen LogP contribution >= 0.6 is 0 Å². The highest BCUT2D eigenvalue weighted by Gasteiger charge is 2.07. The minimum Gasteiger partial charge on any atom is -0.492 e. The summed E-state index contributed by atoms with van der Waals surface area (Å²) in [6.45, 7) is 7.11. The zero-order valence-electron chi connectivity index (χ0n) is 12.7. The van der Waals surface area contributed by atoms with Crippen molar-refractivity contribution in [3.8, 4) is 16.9 Å². The lowest BCUT2D eigenvalue weighted by Gasteiger charge is -2.11. The molecule has 1 N–H and O–H groups in total. The number of benzene rings is 1. The summed E-state index contributed by atoms with van der Waals surface area (Å²) in [5.74, 6) is 0.530. The van der Waals surface area contributed by atoms with Crippen molar-refractivity contribution in [1.29, 1.82) is 0 Å². The standard InChI is InChI=1S/C17H21FN2O/c1-4-21-16-8-14(9-19-11-16)13-5-6-17(18)15(7-13)10-20-12(2)3/h5-9,11-12,20H,4,10H2,1-3H3. The van der Waals surface area contributed by atoms with Crippen molar-refractivity contribution in [2.75, 3.05) is 6.61 Å². The minimum atomic E-state index is -0.194. The smallest absolute Gasteiger partial charge is 0.138 e. The number of nitrogens with zero attached hydrogens (tertiary/aromatic N) is 1. The van der Waals surface area contributed by atoms with Crippen LogP contribution in [0.1, 0.15) is 26.3 Å². The molecule has 0 aliphatic carbocycles. The van der Waals surface area contributed by atoms with Gasteiger partial charge in [0.25, 0.3) is 0 Å². The second-order valence-electron chi connectivity index (χ2n) is 5.18. The summed E-state index contributed by atoms with van der Waals surface area (Å²) in [7, 11) is 0. The van der Waals surface area contributed by atoms with Gasteiger partial charge in [0.05, 0.1) is 12.8 Å². The van der Waals surface area contributed by atoms with Crippen molar-refractivity contribution in [1.82, 2.24) is 10.3 Å². The predicted molar refractivity (Wildman–Crippen MR) is 82.8 cm³/mol. The van der Waals surface area contributed by atoms with Crippen LogP contribution in [0.15, 0.2) is 36.7 Å². The lowest BCUT2D eigenvalue weighted by molar-refractivity contribution is 0.339. The third kappa shape index (κ3) is 4.26. The van der Waals surface area contributed by atoms with Gasteiger partial charge in [-0.1, -0.05) is 19.9 Å². The molecular weight excluding hydrogens is 267 g/mol. The molecule has 0 saturated heterocycles. The molecule has 0 atom stereocenters. The van der Waals surface area contributed by atoms with E-state index in [2.05, 4.69) is 10.3 Å². The van der Waals surface area contributed by atoms with Crippen molar-refractivity contribution in [3.05, 3.63) is 48.0 Å². The number of aromatic nitrogens is 1. The van der Waals surface area contributed by atoms with Crippen LogP contribution in [-0.4, -0.2) is 17.6 Å². The molecule has 21 heavy (non-hydrogen) atoms. The van der Waals surface area contributed by atoms with E-state index in [0.717, 1.165) is 16.9 Å². The first-order valence-corrected chi connectivity index (χ1v) is 7.20. The molecule has 112 valence electrons. The number of nitrogens with one attached hydrogen (secondary N) is 1. The van der Waals surface area contributed by atoms with Gasteiger partial charge in [0.15, 0.2) is 0 Å². The number of rotatable bonds is 6. The van der Waals surface area contributed by atoms with E-state index in [9.17, 15) is 4.39 Å². The molecule has 0 bridgehead atoms. The molecule has 1 heterocycles. The summed E-state index contributed by atoms with van der Waals surface area (Å²) in [5, 5.41) is 3.23. The Balaban J connectivity index is 2.27. The second kappa shape index (κ2) is 7.18. The van der Waals surface area contributed by atoms with Crippen molar-refractivity contribution < 1.29 is 9.13 Å². The van der Waals surface area contributed by atoms with Gasteiger partial charge in [-0.3, -0.25) is 4.98 Å². The Kier molecular flexibility index (Phi) is 5.28. The van der Waals surface area contributed by atoms with Gasteiger partial charge in [-0.15, -0.1) is 0 Å². The lowest BCUT2D eigenvalue weighted by Crippen LogP contribution is -2.22. The molecule has 0 aliphatic heterocycles. The molecule has 1 aromatic heterocycles. The topological polar surface area (TPSA) is 34.1 Å². The van der Waals surface area contributed by atoms with Crippen LogP contribution in [0.25, 0.3) is 11.1 Å². The largest absolute Gasteiger partial charge is 0.492 e. The third-order valence-electron chi connectivity index (χ3n) is 3.10. The normalized spacial score (nSPS) is 10.9. The van der Waals surface area contributed by atoms with Gasteiger partial charge in [-0.05, 0) is 30.7 Å². The first-order valence-electron chi connectivity index (χ1n) is 7.20. The lowest BCUT2D eigenvalue weighted by atomic mass is 10.0. The molecule has 4 heteroatoms. The van der Waals surface area contributed by atoms with Gasteiger partial charge < -0.3 is 10.1 Å². The molecule has 0 unspecified atom stereocenters. The van der Waals surface area contributed by atoms with Gasteiger partial charge in [0.2, 0.25) is 0 Å². The number of ether oxygens (including phenoxy) is 1. The van der Waals surface area contributed by atoms with Gasteiger partial charge >= 0.3 is 0 Å². The van der Waals surface area contributed by atoms with Gasteiger partial charge in [-0.2, -0.15) is 0 Å². The van der Waals surface area contributed by atoms with E-state index in [-0.39, 0.29) is 5.82 Å². The quantitative estimate of drug-likeness (QED) is 0.878. The fourth-order valence-corrected chi connectivity index (χ4v) is 2.03. The summed E-state index contributed by atoms with van der Waals surface area (Å²) in [6.07, 6.45) is 3.44. The summed E-state index contributed by atoms with van der Waals surface area (Å²) in [6, 6.07) is 7.36. The van der Waals surface area contributed by atoms with E-state index in [0.29, 0.717) is 24.8 Å². The number of pyridine rings is 1. The van der Waals surface area contributed by atoms with E-state index in [1.54, 1.807) is 18.5 Å². The SMILES string of the molecule is CCOc1cncc(-c2ccc(F)c(CNC(C)C)c2)c1. The fraction of sp³-hybridized carbons (Fsp3) is 0.353. The third-order valence-corrected chi connectivity index (χ3v) is 3.10. The molecule has 2 rings (SSSR count). The average Bonchev–Trinajstić information content (AvgIpc) is 2.47. The summed E-state index contributed by atoms with van der Waals surface area (Å²) in [5.41, 5.74) is 2.51. The van der Waals surface area contributed by atoms with Crippen LogP contribution in [-0.2, 0) is 6.54 Å². The van der Waals surface area contributed by atoms with Crippen molar-refractivity contribution in [2.45, 2.75) is 33.4 Å².